The standard InChI is InChI=1S/C17H18BrFN2O2S/c1-10(2)15(21-16(22)14-4-3-7-24-14)17(23)20-9-11-8-12(18)5-6-13(11)19/h3-8,10,15H,9H2,1-2H3,(H,20,23)(H,21,22). The van der Waals surface area contributed by atoms with Crippen LogP contribution in [0.4, 0.5) is 4.39 Å². The molecule has 0 bridgehead atoms. The molecule has 1 aromatic carbocycles. The third-order valence-electron chi connectivity index (χ3n) is 3.44. The summed E-state index contributed by atoms with van der Waals surface area (Å²) in [6, 6.07) is 7.34. The van der Waals surface area contributed by atoms with E-state index in [1.165, 1.54) is 17.4 Å². The molecule has 0 aliphatic rings. The highest BCUT2D eigenvalue weighted by atomic mass is 79.9. The van der Waals surface area contributed by atoms with E-state index in [9.17, 15) is 14.0 Å². The minimum absolute atomic E-state index is 0.0577. The van der Waals surface area contributed by atoms with Crippen LogP contribution >= 0.6 is 27.3 Å². The summed E-state index contributed by atoms with van der Waals surface area (Å²) in [6.45, 7) is 3.75. The maximum atomic E-state index is 13.7. The molecule has 2 rings (SSSR count). The van der Waals surface area contributed by atoms with Gasteiger partial charge >= 0.3 is 0 Å². The fourth-order valence-corrected chi connectivity index (χ4v) is 3.16. The molecule has 0 fully saturated rings. The molecule has 0 saturated heterocycles. The number of halogens is 2. The van der Waals surface area contributed by atoms with Crippen molar-refractivity contribution in [2.45, 2.75) is 26.4 Å². The molecule has 0 saturated carbocycles. The molecule has 2 N–H and O–H groups in total. The van der Waals surface area contributed by atoms with Crippen molar-refractivity contribution in [3.8, 4) is 0 Å². The van der Waals surface area contributed by atoms with E-state index in [1.54, 1.807) is 29.6 Å². The van der Waals surface area contributed by atoms with Crippen LogP contribution in [0.25, 0.3) is 0 Å². The van der Waals surface area contributed by atoms with Crippen LogP contribution < -0.4 is 10.6 Å². The molecule has 0 aliphatic carbocycles. The van der Waals surface area contributed by atoms with Crippen molar-refractivity contribution < 1.29 is 14.0 Å². The van der Waals surface area contributed by atoms with Gasteiger partial charge in [0.1, 0.15) is 11.9 Å². The molecular weight excluding hydrogens is 395 g/mol. The van der Waals surface area contributed by atoms with Gasteiger partial charge < -0.3 is 10.6 Å². The maximum Gasteiger partial charge on any atom is 0.262 e. The van der Waals surface area contributed by atoms with E-state index in [-0.39, 0.29) is 30.1 Å². The number of hydrogen-bond donors (Lipinski definition) is 2. The van der Waals surface area contributed by atoms with E-state index in [0.717, 1.165) is 4.47 Å². The number of benzene rings is 1. The molecule has 2 aromatic rings. The Morgan fingerprint density at radius 1 is 1.29 bits per heavy atom. The van der Waals surface area contributed by atoms with E-state index >= 15 is 0 Å². The van der Waals surface area contributed by atoms with Crippen LogP contribution in [0.2, 0.25) is 0 Å². The van der Waals surface area contributed by atoms with Crippen molar-refractivity contribution in [1.82, 2.24) is 10.6 Å². The summed E-state index contributed by atoms with van der Waals surface area (Å²) in [5.74, 6) is -1.11. The fraction of sp³-hybridized carbons (Fsp3) is 0.294. The van der Waals surface area contributed by atoms with Gasteiger partial charge in [0.25, 0.3) is 5.91 Å². The molecule has 0 spiro atoms. The van der Waals surface area contributed by atoms with Gasteiger partial charge in [0, 0.05) is 16.6 Å². The summed E-state index contributed by atoms with van der Waals surface area (Å²) in [7, 11) is 0. The average Bonchev–Trinajstić information content (AvgIpc) is 3.07. The Morgan fingerprint density at radius 2 is 2.04 bits per heavy atom. The Labute approximate surface area is 152 Å². The van der Waals surface area contributed by atoms with Gasteiger partial charge in [-0.3, -0.25) is 9.59 Å². The number of rotatable bonds is 6. The summed E-state index contributed by atoms with van der Waals surface area (Å²) in [5, 5.41) is 7.23. The lowest BCUT2D eigenvalue weighted by Crippen LogP contribution is -2.49. The van der Waals surface area contributed by atoms with Crippen LogP contribution in [0.1, 0.15) is 29.1 Å². The molecule has 1 atom stereocenters. The third kappa shape index (κ3) is 4.88. The molecule has 4 nitrogen and oxygen atoms in total. The van der Waals surface area contributed by atoms with Gasteiger partial charge in [-0.05, 0) is 35.6 Å². The first kappa shape index (κ1) is 18.6. The summed E-state index contributed by atoms with van der Waals surface area (Å²) in [5.41, 5.74) is 0.379. The third-order valence-corrected chi connectivity index (χ3v) is 4.80. The van der Waals surface area contributed by atoms with E-state index in [0.29, 0.717) is 10.4 Å². The zero-order valence-electron chi connectivity index (χ0n) is 13.3. The van der Waals surface area contributed by atoms with Gasteiger partial charge in [0.05, 0.1) is 4.88 Å². The topological polar surface area (TPSA) is 58.2 Å². The van der Waals surface area contributed by atoms with Crippen molar-refractivity contribution in [3.63, 3.8) is 0 Å². The zero-order valence-corrected chi connectivity index (χ0v) is 15.7. The Hall–Kier alpha value is -1.73. The number of carbonyl (C=O) groups excluding carboxylic acids is 2. The van der Waals surface area contributed by atoms with Crippen molar-refractivity contribution in [1.29, 1.82) is 0 Å². The lowest BCUT2D eigenvalue weighted by atomic mass is 10.0. The van der Waals surface area contributed by atoms with E-state index in [2.05, 4.69) is 26.6 Å². The van der Waals surface area contributed by atoms with Gasteiger partial charge in [0.2, 0.25) is 5.91 Å². The Balaban J connectivity index is 2.01. The highest BCUT2D eigenvalue weighted by Gasteiger charge is 2.25. The fourth-order valence-electron chi connectivity index (χ4n) is 2.13. The first-order valence-electron chi connectivity index (χ1n) is 7.44. The van der Waals surface area contributed by atoms with Crippen LogP contribution in [-0.2, 0) is 11.3 Å². The maximum absolute atomic E-state index is 13.7. The minimum Gasteiger partial charge on any atom is -0.350 e. The van der Waals surface area contributed by atoms with Crippen LogP contribution in [-0.4, -0.2) is 17.9 Å². The second-order valence-electron chi connectivity index (χ2n) is 5.63. The second-order valence-corrected chi connectivity index (χ2v) is 7.49. The number of nitrogens with one attached hydrogen (secondary N) is 2. The summed E-state index contributed by atoms with van der Waals surface area (Å²) >= 11 is 4.59. The van der Waals surface area contributed by atoms with E-state index < -0.39 is 6.04 Å². The van der Waals surface area contributed by atoms with Gasteiger partial charge in [0.15, 0.2) is 0 Å². The summed E-state index contributed by atoms with van der Waals surface area (Å²) in [4.78, 5) is 25.1. The molecule has 0 aliphatic heterocycles. The van der Waals surface area contributed by atoms with E-state index in [4.69, 9.17) is 0 Å². The molecular formula is C17H18BrFN2O2S. The normalized spacial score (nSPS) is 12.0. The Bertz CT molecular complexity index is 719. The lowest BCUT2D eigenvalue weighted by Gasteiger charge is -2.21. The van der Waals surface area contributed by atoms with Crippen molar-refractivity contribution in [2.75, 3.05) is 0 Å². The molecule has 2 amide bonds. The molecule has 1 unspecified atom stereocenters. The van der Waals surface area contributed by atoms with Gasteiger partial charge in [-0.25, -0.2) is 4.39 Å². The minimum atomic E-state index is -0.685. The number of carbonyl (C=O) groups is 2. The van der Waals surface area contributed by atoms with E-state index in [1.807, 2.05) is 13.8 Å². The molecule has 0 radical (unpaired) electrons. The first-order valence-corrected chi connectivity index (χ1v) is 9.11. The van der Waals surface area contributed by atoms with Gasteiger partial charge in [-0.1, -0.05) is 35.8 Å². The molecule has 1 aromatic heterocycles. The van der Waals surface area contributed by atoms with Crippen molar-refractivity contribution >= 4 is 39.1 Å². The largest absolute Gasteiger partial charge is 0.350 e. The quantitative estimate of drug-likeness (QED) is 0.759. The van der Waals surface area contributed by atoms with Crippen LogP contribution in [0.15, 0.2) is 40.2 Å². The molecule has 128 valence electrons. The van der Waals surface area contributed by atoms with Crippen molar-refractivity contribution in [2.24, 2.45) is 5.92 Å². The number of thiophene rings is 1. The van der Waals surface area contributed by atoms with Gasteiger partial charge in [-0.2, -0.15) is 0 Å². The second kappa shape index (κ2) is 8.39. The lowest BCUT2D eigenvalue weighted by molar-refractivity contribution is -0.124. The van der Waals surface area contributed by atoms with Crippen molar-refractivity contribution in [3.05, 3.63) is 56.4 Å². The monoisotopic (exact) mass is 412 g/mol. The zero-order chi connectivity index (χ0) is 17.7. The van der Waals surface area contributed by atoms with Crippen LogP contribution in [0.3, 0.4) is 0 Å². The number of hydrogen-bond acceptors (Lipinski definition) is 3. The summed E-state index contributed by atoms with van der Waals surface area (Å²) < 4.78 is 14.5. The Kier molecular flexibility index (Phi) is 6.51. The molecule has 7 heteroatoms. The van der Waals surface area contributed by atoms with Gasteiger partial charge in [-0.15, -0.1) is 11.3 Å². The SMILES string of the molecule is CC(C)C(NC(=O)c1cccs1)C(=O)NCc1cc(Br)ccc1F. The predicted molar refractivity (Wildman–Crippen MR) is 96.4 cm³/mol. The average molecular weight is 413 g/mol. The number of amides is 2. The molecule has 1 heterocycles. The smallest absolute Gasteiger partial charge is 0.262 e. The Morgan fingerprint density at radius 3 is 2.67 bits per heavy atom. The van der Waals surface area contributed by atoms with Crippen LogP contribution in [0.5, 0.6) is 0 Å². The van der Waals surface area contributed by atoms with Crippen LogP contribution in [0, 0.1) is 11.7 Å². The summed E-state index contributed by atoms with van der Waals surface area (Å²) in [6.07, 6.45) is 0. The predicted octanol–water partition coefficient (Wildman–Crippen LogP) is 3.72. The highest BCUT2D eigenvalue weighted by Crippen LogP contribution is 2.16. The first-order chi connectivity index (χ1) is 11.4. The molecule has 24 heavy (non-hydrogen) atoms. The highest BCUT2D eigenvalue weighted by molar-refractivity contribution is 9.10.